The number of pyridine rings is 2. The zero-order valence-corrected chi connectivity index (χ0v) is 23.5. The molecular formula is C30H26ClFN6O4. The number of benzene rings is 1. The van der Waals surface area contributed by atoms with Crippen LogP contribution in [-0.2, 0) is 9.53 Å². The Morgan fingerprint density at radius 3 is 2.71 bits per heavy atom. The molecule has 214 valence electrons. The van der Waals surface area contributed by atoms with E-state index < -0.39 is 11.5 Å². The highest BCUT2D eigenvalue weighted by atomic mass is 35.5. The Hall–Kier alpha value is -4.35. The van der Waals surface area contributed by atoms with E-state index in [1.165, 1.54) is 16.7 Å². The van der Waals surface area contributed by atoms with Crippen LogP contribution < -0.4 is 15.3 Å². The van der Waals surface area contributed by atoms with Crippen molar-refractivity contribution in [2.75, 3.05) is 44.4 Å². The monoisotopic (exact) mass is 588 g/mol. The maximum atomic E-state index is 15.2. The van der Waals surface area contributed by atoms with Gasteiger partial charge in [-0.05, 0) is 36.8 Å². The zero-order valence-electron chi connectivity index (χ0n) is 22.7. The van der Waals surface area contributed by atoms with Crippen LogP contribution >= 0.6 is 11.6 Å². The molecule has 2 saturated heterocycles. The quantitative estimate of drug-likeness (QED) is 0.333. The van der Waals surface area contributed by atoms with Gasteiger partial charge < -0.3 is 19.3 Å². The van der Waals surface area contributed by atoms with Crippen molar-refractivity contribution in [3.8, 4) is 22.7 Å². The third-order valence-electron chi connectivity index (χ3n) is 8.10. The molecule has 12 heteroatoms. The lowest BCUT2D eigenvalue weighted by Crippen LogP contribution is -2.56. The minimum atomic E-state index is -0.569. The number of hydrogen-bond donors (Lipinski definition) is 0. The summed E-state index contributed by atoms with van der Waals surface area (Å²) in [6.07, 6.45) is 2.98. The molecule has 0 N–H and O–H groups in total. The number of fused-ring (bicyclic) bond motifs is 2. The van der Waals surface area contributed by atoms with Gasteiger partial charge in [0, 0.05) is 31.4 Å². The maximum Gasteiger partial charge on any atom is 0.355 e. The SMILES string of the molecule is C=CC(=O)N1CCN2c3nc(=O)n(-c4c(C)ccnc4C4COC4)c4nc(-c5ccccc5F)c(Cl)c(c34)OC[C@H]2C1. The first-order valence-electron chi connectivity index (χ1n) is 13.6. The first-order valence-corrected chi connectivity index (χ1v) is 14.0. The Morgan fingerprint density at radius 2 is 1.98 bits per heavy atom. The van der Waals surface area contributed by atoms with Crippen molar-refractivity contribution in [3.63, 3.8) is 0 Å². The highest BCUT2D eigenvalue weighted by molar-refractivity contribution is 6.36. The Kier molecular flexibility index (Phi) is 6.43. The van der Waals surface area contributed by atoms with Crippen molar-refractivity contribution in [2.45, 2.75) is 18.9 Å². The molecule has 1 atom stereocenters. The summed E-state index contributed by atoms with van der Waals surface area (Å²) in [5, 5.41) is 0.542. The predicted molar refractivity (Wildman–Crippen MR) is 155 cm³/mol. The first kappa shape index (κ1) is 26.5. The van der Waals surface area contributed by atoms with Crippen LogP contribution in [0.15, 0.2) is 54.0 Å². The van der Waals surface area contributed by atoms with Crippen LogP contribution in [0.25, 0.3) is 28.0 Å². The van der Waals surface area contributed by atoms with Crippen molar-refractivity contribution in [1.82, 2.24) is 24.4 Å². The van der Waals surface area contributed by atoms with Gasteiger partial charge in [0.25, 0.3) is 0 Å². The Balaban J connectivity index is 1.54. The van der Waals surface area contributed by atoms with Crippen LogP contribution in [-0.4, -0.2) is 75.8 Å². The molecule has 0 bridgehead atoms. The molecule has 0 aliphatic carbocycles. The van der Waals surface area contributed by atoms with Gasteiger partial charge in [0.05, 0.1) is 42.2 Å². The molecule has 6 heterocycles. The fourth-order valence-electron chi connectivity index (χ4n) is 5.90. The van der Waals surface area contributed by atoms with Gasteiger partial charge in [-0.3, -0.25) is 9.78 Å². The zero-order chi connectivity index (χ0) is 29.1. The van der Waals surface area contributed by atoms with Crippen molar-refractivity contribution in [3.05, 3.63) is 81.8 Å². The third-order valence-corrected chi connectivity index (χ3v) is 8.45. The van der Waals surface area contributed by atoms with Gasteiger partial charge >= 0.3 is 5.69 Å². The molecule has 3 aromatic heterocycles. The largest absolute Gasteiger partial charge is 0.489 e. The minimum Gasteiger partial charge on any atom is -0.489 e. The summed E-state index contributed by atoms with van der Waals surface area (Å²) in [5.41, 5.74) is 2.00. The smallest absolute Gasteiger partial charge is 0.355 e. The minimum absolute atomic E-state index is 0.00822. The van der Waals surface area contributed by atoms with Crippen molar-refractivity contribution in [1.29, 1.82) is 0 Å². The molecule has 1 aromatic carbocycles. The summed E-state index contributed by atoms with van der Waals surface area (Å²) < 4.78 is 28.4. The number of amides is 1. The second-order valence-electron chi connectivity index (χ2n) is 10.6. The van der Waals surface area contributed by atoms with Crippen LogP contribution in [0.5, 0.6) is 5.75 Å². The van der Waals surface area contributed by atoms with E-state index in [4.69, 9.17) is 26.1 Å². The molecule has 3 aliphatic rings. The van der Waals surface area contributed by atoms with Crippen molar-refractivity contribution in [2.24, 2.45) is 0 Å². The van der Waals surface area contributed by atoms with E-state index in [0.29, 0.717) is 55.4 Å². The molecule has 7 rings (SSSR count). The predicted octanol–water partition coefficient (Wildman–Crippen LogP) is 3.65. The molecule has 10 nitrogen and oxygen atoms in total. The number of hydrogen-bond acceptors (Lipinski definition) is 8. The van der Waals surface area contributed by atoms with Gasteiger partial charge in [0.15, 0.2) is 11.4 Å². The molecule has 1 amide bonds. The van der Waals surface area contributed by atoms with Crippen LogP contribution in [0.3, 0.4) is 0 Å². The highest BCUT2D eigenvalue weighted by Crippen LogP contribution is 2.45. The number of ether oxygens (including phenoxy) is 2. The molecule has 3 aliphatic heterocycles. The average Bonchev–Trinajstić information content (AvgIpc) is 3.12. The molecule has 42 heavy (non-hydrogen) atoms. The average molecular weight is 589 g/mol. The van der Waals surface area contributed by atoms with Crippen LogP contribution in [0.4, 0.5) is 10.2 Å². The molecule has 2 fully saturated rings. The molecule has 0 spiro atoms. The van der Waals surface area contributed by atoms with E-state index >= 15 is 4.39 Å². The maximum absolute atomic E-state index is 15.2. The van der Waals surface area contributed by atoms with Gasteiger partial charge in [-0.1, -0.05) is 30.3 Å². The molecular weight excluding hydrogens is 563 g/mol. The first-order chi connectivity index (χ1) is 20.4. The molecule has 4 aromatic rings. The van der Waals surface area contributed by atoms with E-state index in [0.717, 1.165) is 5.56 Å². The lowest BCUT2D eigenvalue weighted by atomic mass is 9.99. The number of rotatable bonds is 4. The number of piperazine rings is 1. The summed E-state index contributed by atoms with van der Waals surface area (Å²) in [6, 6.07) is 7.67. The summed E-state index contributed by atoms with van der Waals surface area (Å²) >= 11 is 6.96. The van der Waals surface area contributed by atoms with E-state index in [9.17, 15) is 9.59 Å². The molecule has 0 radical (unpaired) electrons. The number of anilines is 1. The number of aryl methyl sites for hydroxylation is 1. The molecule has 0 saturated carbocycles. The van der Waals surface area contributed by atoms with Gasteiger partial charge in [0.1, 0.15) is 28.7 Å². The number of carbonyl (C=O) groups is 1. The second-order valence-corrected chi connectivity index (χ2v) is 11.0. The lowest BCUT2D eigenvalue weighted by molar-refractivity contribution is -0.126. The number of carbonyl (C=O) groups excluding carboxylic acids is 1. The van der Waals surface area contributed by atoms with E-state index in [1.807, 2.05) is 17.9 Å². The van der Waals surface area contributed by atoms with Gasteiger partial charge in [-0.2, -0.15) is 4.98 Å². The Labute approximate surface area is 245 Å². The van der Waals surface area contributed by atoms with E-state index in [-0.39, 0.29) is 52.2 Å². The van der Waals surface area contributed by atoms with Gasteiger partial charge in [-0.25, -0.2) is 18.7 Å². The second kappa shape index (κ2) is 10.2. The Bertz CT molecular complexity index is 1840. The summed E-state index contributed by atoms with van der Waals surface area (Å²) in [7, 11) is 0. The number of aromatic nitrogens is 4. The highest BCUT2D eigenvalue weighted by Gasteiger charge is 2.38. The van der Waals surface area contributed by atoms with Crippen molar-refractivity contribution >= 4 is 34.4 Å². The van der Waals surface area contributed by atoms with Gasteiger partial charge in [0.2, 0.25) is 5.91 Å². The normalized spacial score (nSPS) is 18.2. The van der Waals surface area contributed by atoms with E-state index in [2.05, 4.69) is 16.5 Å². The van der Waals surface area contributed by atoms with Crippen LogP contribution in [0, 0.1) is 12.7 Å². The van der Waals surface area contributed by atoms with E-state index in [1.54, 1.807) is 29.3 Å². The summed E-state index contributed by atoms with van der Waals surface area (Å²) in [4.78, 5) is 44.3. The number of nitrogens with zero attached hydrogens (tertiary/aromatic N) is 6. The lowest BCUT2D eigenvalue weighted by Gasteiger charge is -2.40. The standard InChI is InChI=1S/C30H26ClFN6O4/c1-3-21(39)36-10-11-37-18(12-36)15-42-27-22-28(37)35-30(40)38(26-16(2)8-9-33-24(26)17-13-41-14-17)29(22)34-25(23(27)31)19-6-4-5-7-20(19)32/h3-9,17-18H,1,10-15H2,2H3/t18-/m1/s1. The third kappa shape index (κ3) is 4.06. The topological polar surface area (TPSA) is 103 Å². The Morgan fingerprint density at radius 1 is 1.17 bits per heavy atom. The molecule has 0 unspecified atom stereocenters. The van der Waals surface area contributed by atoms with Crippen molar-refractivity contribution < 1.29 is 18.7 Å². The summed E-state index contributed by atoms with van der Waals surface area (Å²) in [6.45, 7) is 7.75. The van der Waals surface area contributed by atoms with Gasteiger partial charge in [-0.15, -0.1) is 0 Å². The fourth-order valence-corrected chi connectivity index (χ4v) is 6.19. The number of halogens is 2. The van der Waals surface area contributed by atoms with Crippen LogP contribution in [0.1, 0.15) is 17.2 Å². The fraction of sp³-hybridized carbons (Fsp3) is 0.300. The summed E-state index contributed by atoms with van der Waals surface area (Å²) in [5.74, 6) is -0.102. The van der Waals surface area contributed by atoms with Crippen LogP contribution in [0.2, 0.25) is 5.02 Å².